The van der Waals surface area contributed by atoms with Gasteiger partial charge in [0.15, 0.2) is 0 Å². The maximum absolute atomic E-state index is 2.47. The predicted octanol–water partition coefficient (Wildman–Crippen LogP) is 13.2. The first-order valence-electron chi connectivity index (χ1n) is 18.1. The fourth-order valence-electron chi connectivity index (χ4n) is 8.73. The summed E-state index contributed by atoms with van der Waals surface area (Å²) in [4.78, 5) is 2.42. The number of fused-ring (bicyclic) bond motifs is 7. The van der Waals surface area contributed by atoms with Gasteiger partial charge in [-0.1, -0.05) is 123 Å². The second-order valence-corrected chi connectivity index (χ2v) is 14.5. The van der Waals surface area contributed by atoms with Crippen LogP contribution in [0, 0.1) is 0 Å². The largest absolute Gasteiger partial charge is 0.313 e. The minimum absolute atomic E-state index is 0.166. The van der Waals surface area contributed by atoms with Crippen LogP contribution in [0.5, 0.6) is 0 Å². The summed E-state index contributed by atoms with van der Waals surface area (Å²) >= 11 is 0. The van der Waals surface area contributed by atoms with Crippen molar-refractivity contribution in [2.45, 2.75) is 32.1 Å². The van der Waals surface area contributed by atoms with Crippen LogP contribution in [-0.2, 0) is 11.8 Å². The smallest absolute Gasteiger partial charge is 0.0540 e. The fourth-order valence-corrected chi connectivity index (χ4v) is 8.73. The van der Waals surface area contributed by atoms with Crippen LogP contribution in [0.25, 0.3) is 55.7 Å². The summed E-state index contributed by atoms with van der Waals surface area (Å²) in [5.74, 6) is 0. The van der Waals surface area contributed by atoms with Gasteiger partial charge in [-0.2, -0.15) is 0 Å². The van der Waals surface area contributed by atoms with Crippen molar-refractivity contribution in [1.29, 1.82) is 0 Å². The quantitative estimate of drug-likeness (QED) is 0.179. The maximum atomic E-state index is 2.47. The van der Waals surface area contributed by atoms with Crippen molar-refractivity contribution in [1.82, 2.24) is 4.57 Å². The van der Waals surface area contributed by atoms with Gasteiger partial charge < -0.3 is 9.47 Å². The molecule has 0 saturated carbocycles. The average molecular weight is 655 g/mol. The molecule has 0 unspecified atom stereocenters. The third-order valence-corrected chi connectivity index (χ3v) is 11.2. The molecule has 2 nitrogen and oxygen atoms in total. The Kier molecular flexibility index (Phi) is 6.69. The van der Waals surface area contributed by atoms with Gasteiger partial charge in [0.25, 0.3) is 0 Å². The van der Waals surface area contributed by atoms with Gasteiger partial charge in [-0.3, -0.25) is 0 Å². The van der Waals surface area contributed by atoms with Crippen molar-refractivity contribution < 1.29 is 0 Å². The minimum atomic E-state index is -0.166. The number of aromatic nitrogens is 1. The van der Waals surface area contributed by atoms with E-state index in [1.54, 1.807) is 0 Å². The molecule has 8 aromatic rings. The van der Waals surface area contributed by atoms with Crippen molar-refractivity contribution in [2.24, 2.45) is 0 Å². The standard InChI is InChI=1S/C49H38N2/c1-49(2)44-31-35(34-25-29-48-43(30-34)42-21-11-12-22-47(42)51(48)37-18-7-4-8-19-37)24-27-40(44)41-28-26-38(32-45(41)49)50(36-16-5-3-6-17-36)46-23-13-15-33-14-9-10-20-39(33)46/h3-11,13-21,23-32H,12,22H2,1-2H3. The molecule has 244 valence electrons. The van der Waals surface area contributed by atoms with Crippen molar-refractivity contribution >= 4 is 44.8 Å². The number of benzene rings is 7. The lowest BCUT2D eigenvalue weighted by atomic mass is 9.81. The summed E-state index contributed by atoms with van der Waals surface area (Å²) in [7, 11) is 0. The highest BCUT2D eigenvalue weighted by atomic mass is 15.1. The molecule has 51 heavy (non-hydrogen) atoms. The Bertz CT molecular complexity index is 2650. The number of hydrogen-bond donors (Lipinski definition) is 0. The second-order valence-electron chi connectivity index (χ2n) is 14.5. The molecule has 2 aliphatic carbocycles. The summed E-state index contributed by atoms with van der Waals surface area (Å²) in [6, 6.07) is 58.1. The van der Waals surface area contributed by atoms with Gasteiger partial charge in [-0.25, -0.2) is 0 Å². The molecule has 0 amide bonds. The Labute approximate surface area is 299 Å². The van der Waals surface area contributed by atoms with Gasteiger partial charge in [0, 0.05) is 44.5 Å². The van der Waals surface area contributed by atoms with Gasteiger partial charge in [0.05, 0.1) is 11.2 Å². The molecular formula is C49H38N2. The Balaban J connectivity index is 1.08. The van der Waals surface area contributed by atoms with E-state index in [9.17, 15) is 0 Å². The lowest BCUT2D eigenvalue weighted by molar-refractivity contribution is 0.660. The average Bonchev–Trinajstić information content (AvgIpc) is 3.63. The van der Waals surface area contributed by atoms with Crippen LogP contribution >= 0.6 is 0 Å². The number of nitrogens with zero attached hydrogens (tertiary/aromatic N) is 2. The lowest BCUT2D eigenvalue weighted by Crippen LogP contribution is -2.16. The normalized spacial score (nSPS) is 14.0. The molecule has 10 rings (SSSR count). The third-order valence-electron chi connectivity index (χ3n) is 11.2. The van der Waals surface area contributed by atoms with Gasteiger partial charge in [0.1, 0.15) is 0 Å². The Hall–Kier alpha value is -6.12. The zero-order chi connectivity index (χ0) is 34.1. The minimum Gasteiger partial charge on any atom is -0.313 e. The maximum Gasteiger partial charge on any atom is 0.0540 e. The van der Waals surface area contributed by atoms with Crippen LogP contribution in [0.3, 0.4) is 0 Å². The topological polar surface area (TPSA) is 8.17 Å². The molecule has 2 aliphatic rings. The molecule has 0 atom stereocenters. The van der Waals surface area contributed by atoms with Crippen molar-refractivity contribution in [2.75, 3.05) is 4.90 Å². The van der Waals surface area contributed by atoms with Gasteiger partial charge >= 0.3 is 0 Å². The number of hydrogen-bond acceptors (Lipinski definition) is 1. The Morgan fingerprint density at radius 1 is 0.569 bits per heavy atom. The number of anilines is 3. The fraction of sp³-hybridized carbons (Fsp3) is 0.102. The van der Waals surface area contributed by atoms with Crippen LogP contribution in [0.2, 0.25) is 0 Å². The van der Waals surface area contributed by atoms with Crippen LogP contribution in [0.4, 0.5) is 17.1 Å². The molecule has 2 heteroatoms. The van der Waals surface area contributed by atoms with E-state index < -0.39 is 0 Å². The number of allylic oxidation sites excluding steroid dienone is 1. The van der Waals surface area contributed by atoms with E-state index in [1.165, 1.54) is 83.4 Å². The summed E-state index contributed by atoms with van der Waals surface area (Å²) in [6.45, 7) is 4.78. The molecule has 0 fully saturated rings. The van der Waals surface area contributed by atoms with Crippen molar-refractivity contribution in [3.8, 4) is 27.9 Å². The number of rotatable bonds is 5. The molecule has 0 radical (unpaired) electrons. The van der Waals surface area contributed by atoms with Crippen LogP contribution < -0.4 is 4.90 Å². The lowest BCUT2D eigenvalue weighted by Gasteiger charge is -2.29. The molecule has 1 heterocycles. The van der Waals surface area contributed by atoms with E-state index in [0.29, 0.717) is 0 Å². The van der Waals surface area contributed by atoms with E-state index in [0.717, 1.165) is 18.5 Å². The second kappa shape index (κ2) is 11.5. The van der Waals surface area contributed by atoms with Gasteiger partial charge in [0.2, 0.25) is 0 Å². The predicted molar refractivity (Wildman–Crippen MR) is 216 cm³/mol. The molecule has 0 N–H and O–H groups in total. The molecule has 0 bridgehead atoms. The number of para-hydroxylation sites is 2. The van der Waals surface area contributed by atoms with E-state index in [2.05, 4.69) is 193 Å². The SMILES string of the molecule is CC1(C)c2cc(-c3ccc4c(c3)c3c(n4-c4ccccc4)CCC=C3)ccc2-c2ccc(N(c3ccccc3)c3cccc4ccccc34)cc21. The van der Waals surface area contributed by atoms with Crippen LogP contribution in [0.15, 0.2) is 164 Å². The van der Waals surface area contributed by atoms with E-state index in [-0.39, 0.29) is 5.41 Å². The Morgan fingerprint density at radius 2 is 1.25 bits per heavy atom. The highest BCUT2D eigenvalue weighted by Crippen LogP contribution is 2.52. The van der Waals surface area contributed by atoms with E-state index in [1.807, 2.05) is 0 Å². The summed E-state index contributed by atoms with van der Waals surface area (Å²) in [5.41, 5.74) is 16.5. The molecule has 0 aliphatic heterocycles. The monoisotopic (exact) mass is 654 g/mol. The van der Waals surface area contributed by atoms with Crippen LogP contribution in [0.1, 0.15) is 42.7 Å². The molecule has 1 aromatic heterocycles. The first kappa shape index (κ1) is 29.8. The van der Waals surface area contributed by atoms with E-state index >= 15 is 0 Å². The Morgan fingerprint density at radius 3 is 2.10 bits per heavy atom. The van der Waals surface area contributed by atoms with Crippen molar-refractivity contribution in [3.05, 3.63) is 186 Å². The summed E-state index contributed by atoms with van der Waals surface area (Å²) < 4.78 is 2.47. The van der Waals surface area contributed by atoms with Gasteiger partial charge in [-0.15, -0.1) is 0 Å². The molecule has 0 spiro atoms. The zero-order valence-electron chi connectivity index (χ0n) is 29.0. The highest BCUT2D eigenvalue weighted by molar-refractivity contribution is 6.00. The molecule has 0 saturated heterocycles. The summed E-state index contributed by atoms with van der Waals surface area (Å²) in [5, 5.41) is 3.80. The van der Waals surface area contributed by atoms with E-state index in [4.69, 9.17) is 0 Å². The van der Waals surface area contributed by atoms with Crippen molar-refractivity contribution in [3.63, 3.8) is 0 Å². The third kappa shape index (κ3) is 4.63. The van der Waals surface area contributed by atoms with Crippen LogP contribution in [-0.4, -0.2) is 4.57 Å². The first-order chi connectivity index (χ1) is 25.1. The van der Waals surface area contributed by atoms with Gasteiger partial charge in [-0.05, 0) is 112 Å². The zero-order valence-corrected chi connectivity index (χ0v) is 29.0. The summed E-state index contributed by atoms with van der Waals surface area (Å²) in [6.07, 6.45) is 6.80. The molecular weight excluding hydrogens is 617 g/mol. The first-order valence-corrected chi connectivity index (χ1v) is 18.1. The molecule has 7 aromatic carbocycles. The highest BCUT2D eigenvalue weighted by Gasteiger charge is 2.36.